The summed E-state index contributed by atoms with van der Waals surface area (Å²) < 4.78 is 15.9. The number of nitrogens with one attached hydrogen (secondary N) is 1. The van der Waals surface area contributed by atoms with Crippen molar-refractivity contribution in [3.8, 4) is 0 Å². The number of allylic oxidation sites excluding steroid dienone is 1. The summed E-state index contributed by atoms with van der Waals surface area (Å²) in [7, 11) is 1.29. The van der Waals surface area contributed by atoms with E-state index in [1.807, 2.05) is 28.8 Å². The summed E-state index contributed by atoms with van der Waals surface area (Å²) in [6, 6.07) is 7.93. The lowest BCUT2D eigenvalue weighted by molar-refractivity contribution is -0.202. The third kappa shape index (κ3) is 1.94. The third-order valence-corrected chi connectivity index (χ3v) is 8.63. The van der Waals surface area contributed by atoms with Crippen LogP contribution in [0, 0.1) is 0 Å². The Labute approximate surface area is 199 Å². The molecule has 1 amide bonds. The van der Waals surface area contributed by atoms with Gasteiger partial charge in [-0.2, -0.15) is 0 Å². The van der Waals surface area contributed by atoms with Gasteiger partial charge in [-0.3, -0.25) is 4.79 Å². The molecule has 0 saturated carbocycles. The second-order valence-electron chi connectivity index (χ2n) is 10.1. The quantitative estimate of drug-likeness (QED) is 0.417. The highest BCUT2D eigenvalue weighted by molar-refractivity contribution is 6.26. The van der Waals surface area contributed by atoms with E-state index in [4.69, 9.17) is 9.47 Å². The molecular formula is C27H23N3O5. The van der Waals surface area contributed by atoms with Crippen molar-refractivity contribution in [2.75, 3.05) is 7.11 Å². The predicted molar refractivity (Wildman–Crippen MR) is 129 cm³/mol. The highest BCUT2D eigenvalue weighted by Gasteiger charge is 2.66. The van der Waals surface area contributed by atoms with Crippen LogP contribution in [0.4, 0.5) is 0 Å². The molecule has 0 radical (unpaired) electrons. The standard InChI is InChI=1S/C27H23N3O5/c1-26-27(33,25(32)34-2)11-18(35-26)29-16-9-5-3-7-13(16)20-21-15(12-28-24(21)31)19-14-8-4-6-10-17(14)30(26)23(19)22(20)29/h4-6,8-10,18,33H,3,7,11-12H2,1-2H3,(H,28,31)/t18-,26+,27+/m1/s1. The maximum absolute atomic E-state index is 13.2. The first kappa shape index (κ1) is 19.7. The van der Waals surface area contributed by atoms with E-state index in [1.165, 1.54) is 7.11 Å². The molecule has 0 unspecified atom stereocenters. The minimum Gasteiger partial charge on any atom is -0.467 e. The van der Waals surface area contributed by atoms with Crippen LogP contribution in [0.15, 0.2) is 30.3 Å². The van der Waals surface area contributed by atoms with Gasteiger partial charge in [0, 0.05) is 34.8 Å². The number of aliphatic hydroxyl groups is 1. The van der Waals surface area contributed by atoms with Gasteiger partial charge in [0.25, 0.3) is 5.91 Å². The van der Waals surface area contributed by atoms with Crippen LogP contribution in [-0.2, 0) is 33.0 Å². The van der Waals surface area contributed by atoms with Gasteiger partial charge in [0.2, 0.25) is 5.60 Å². The average Bonchev–Trinajstić information content (AvgIpc) is 3.55. The zero-order valence-corrected chi connectivity index (χ0v) is 19.3. The van der Waals surface area contributed by atoms with Gasteiger partial charge >= 0.3 is 5.97 Å². The second-order valence-corrected chi connectivity index (χ2v) is 10.1. The van der Waals surface area contributed by atoms with Gasteiger partial charge in [-0.15, -0.1) is 0 Å². The van der Waals surface area contributed by atoms with Gasteiger partial charge in [0.15, 0.2) is 5.72 Å². The topological polar surface area (TPSA) is 94.7 Å². The molecule has 3 atom stereocenters. The first-order valence-corrected chi connectivity index (χ1v) is 12.0. The summed E-state index contributed by atoms with van der Waals surface area (Å²) in [5.74, 6) is -0.775. The Hall–Kier alpha value is -3.62. The highest BCUT2D eigenvalue weighted by Crippen LogP contribution is 2.57. The van der Waals surface area contributed by atoms with E-state index >= 15 is 0 Å². The molecule has 4 aromatic rings. The summed E-state index contributed by atoms with van der Waals surface area (Å²) in [4.78, 5) is 26.4. The van der Waals surface area contributed by atoms with Crippen LogP contribution in [0.3, 0.4) is 0 Å². The number of hydrogen-bond donors (Lipinski definition) is 2. The van der Waals surface area contributed by atoms with Gasteiger partial charge in [0.1, 0.15) is 6.23 Å². The molecule has 1 aliphatic carbocycles. The Bertz CT molecular complexity index is 1730. The molecule has 2 aromatic heterocycles. The number of rotatable bonds is 1. The Morgan fingerprint density at radius 2 is 2.06 bits per heavy atom. The number of ether oxygens (including phenoxy) is 2. The molecule has 5 heterocycles. The zero-order valence-electron chi connectivity index (χ0n) is 19.3. The molecule has 3 aliphatic heterocycles. The number of carbonyl (C=O) groups is 2. The maximum Gasteiger partial charge on any atom is 0.343 e. The zero-order chi connectivity index (χ0) is 23.9. The van der Waals surface area contributed by atoms with E-state index < -0.39 is 23.5 Å². The SMILES string of the molecule is COC(=O)[C@@]1(O)C[C@H]2O[C@]1(C)n1c3ccccc3c3c4c(c5c6c(n2c5c31)C=CCC6)C(=O)NC4. The highest BCUT2D eigenvalue weighted by atomic mass is 16.6. The molecule has 2 aromatic carbocycles. The molecule has 4 aliphatic rings. The summed E-state index contributed by atoms with van der Waals surface area (Å²) >= 11 is 0. The largest absolute Gasteiger partial charge is 0.467 e. The lowest BCUT2D eigenvalue weighted by Gasteiger charge is -2.37. The number of methoxy groups -OCH3 is 1. The fourth-order valence-electron chi connectivity index (χ4n) is 7.16. The van der Waals surface area contributed by atoms with Gasteiger partial charge < -0.3 is 29.0 Å². The van der Waals surface area contributed by atoms with E-state index in [-0.39, 0.29) is 12.3 Å². The lowest BCUT2D eigenvalue weighted by atomic mass is 9.88. The Balaban J connectivity index is 1.70. The van der Waals surface area contributed by atoms with E-state index in [0.717, 1.165) is 67.9 Å². The Morgan fingerprint density at radius 1 is 1.23 bits per heavy atom. The normalized spacial score (nSPS) is 28.1. The predicted octanol–water partition coefficient (Wildman–Crippen LogP) is 3.46. The summed E-state index contributed by atoms with van der Waals surface area (Å²) in [5, 5.41) is 17.9. The van der Waals surface area contributed by atoms with Crippen molar-refractivity contribution in [2.45, 2.75) is 50.3 Å². The average molecular weight is 469 g/mol. The Kier molecular flexibility index (Phi) is 3.34. The van der Waals surface area contributed by atoms with E-state index in [9.17, 15) is 14.7 Å². The van der Waals surface area contributed by atoms with E-state index in [1.54, 1.807) is 6.92 Å². The van der Waals surface area contributed by atoms with Crippen LogP contribution in [0.1, 0.15) is 53.2 Å². The van der Waals surface area contributed by atoms with Gasteiger partial charge in [-0.1, -0.05) is 24.3 Å². The number of amides is 1. The molecule has 176 valence electrons. The number of nitrogens with zero attached hydrogens (tertiary/aromatic N) is 2. The number of para-hydroxylation sites is 1. The van der Waals surface area contributed by atoms with Crippen molar-refractivity contribution in [1.29, 1.82) is 0 Å². The molecule has 0 spiro atoms. The van der Waals surface area contributed by atoms with Crippen molar-refractivity contribution >= 4 is 50.7 Å². The number of carbonyl (C=O) groups excluding carboxylic acids is 2. The number of hydrogen-bond acceptors (Lipinski definition) is 5. The third-order valence-electron chi connectivity index (χ3n) is 8.63. The van der Waals surface area contributed by atoms with Crippen molar-refractivity contribution in [1.82, 2.24) is 14.5 Å². The maximum atomic E-state index is 13.2. The molecule has 1 saturated heterocycles. The second kappa shape index (κ2) is 5.95. The van der Waals surface area contributed by atoms with Gasteiger partial charge in [-0.25, -0.2) is 4.79 Å². The molecule has 2 bridgehead atoms. The van der Waals surface area contributed by atoms with Crippen molar-refractivity contribution in [3.63, 3.8) is 0 Å². The van der Waals surface area contributed by atoms with Gasteiger partial charge in [-0.05, 0) is 43.0 Å². The van der Waals surface area contributed by atoms with Crippen molar-refractivity contribution in [2.24, 2.45) is 0 Å². The molecule has 8 rings (SSSR count). The van der Waals surface area contributed by atoms with Crippen LogP contribution in [0.25, 0.3) is 38.8 Å². The van der Waals surface area contributed by atoms with E-state index in [2.05, 4.69) is 22.0 Å². The van der Waals surface area contributed by atoms with Crippen LogP contribution in [-0.4, -0.2) is 38.8 Å². The minimum absolute atomic E-state index is 0.0386. The van der Waals surface area contributed by atoms with Crippen molar-refractivity contribution < 1.29 is 24.2 Å². The Morgan fingerprint density at radius 3 is 2.89 bits per heavy atom. The molecule has 1 fully saturated rings. The molecule has 35 heavy (non-hydrogen) atoms. The number of aryl methyl sites for hydroxylation is 1. The monoisotopic (exact) mass is 469 g/mol. The summed E-state index contributed by atoms with van der Waals surface area (Å²) in [6.07, 6.45) is 5.34. The van der Waals surface area contributed by atoms with E-state index in [0.29, 0.717) is 6.54 Å². The fraction of sp³-hybridized carbons (Fsp3) is 0.333. The summed E-state index contributed by atoms with van der Waals surface area (Å²) in [5.41, 5.74) is 3.12. The number of aromatic nitrogens is 2. The number of esters is 1. The summed E-state index contributed by atoms with van der Waals surface area (Å²) in [6.45, 7) is 2.21. The first-order valence-electron chi connectivity index (χ1n) is 12.0. The smallest absolute Gasteiger partial charge is 0.343 e. The fourth-order valence-corrected chi connectivity index (χ4v) is 7.16. The van der Waals surface area contributed by atoms with Crippen LogP contribution in [0.2, 0.25) is 0 Å². The first-order chi connectivity index (χ1) is 16.9. The lowest BCUT2D eigenvalue weighted by Crippen LogP contribution is -2.56. The van der Waals surface area contributed by atoms with Crippen LogP contribution in [0.5, 0.6) is 0 Å². The molecule has 8 heteroatoms. The van der Waals surface area contributed by atoms with Crippen LogP contribution < -0.4 is 5.32 Å². The number of benzene rings is 2. The van der Waals surface area contributed by atoms with Crippen LogP contribution >= 0.6 is 0 Å². The van der Waals surface area contributed by atoms with Gasteiger partial charge in [0.05, 0.1) is 29.2 Å². The van der Waals surface area contributed by atoms with Crippen molar-refractivity contribution in [3.05, 3.63) is 52.7 Å². The minimum atomic E-state index is -1.91. The molecule has 8 nitrogen and oxygen atoms in total. The number of fused-ring (bicyclic) bond motifs is 13. The molecule has 2 N–H and O–H groups in total. The molecular weight excluding hydrogens is 446 g/mol.